The topological polar surface area (TPSA) is 38.0 Å². The van der Waals surface area contributed by atoms with Crippen LogP contribution in [0, 0.1) is 12.8 Å². The third-order valence-electron chi connectivity index (χ3n) is 3.30. The number of nitrogens with two attached hydrogens (primary N) is 1. The molecule has 1 aliphatic heterocycles. The van der Waals surface area contributed by atoms with Gasteiger partial charge in [-0.2, -0.15) is 11.8 Å². The summed E-state index contributed by atoms with van der Waals surface area (Å²) in [6.07, 6.45) is 2.69. The van der Waals surface area contributed by atoms with E-state index in [0.717, 1.165) is 18.2 Å². The molecule has 0 aromatic heterocycles. The van der Waals surface area contributed by atoms with Gasteiger partial charge in [-0.1, -0.05) is 6.07 Å². The Labute approximate surface area is 102 Å². The van der Waals surface area contributed by atoms with Gasteiger partial charge in [-0.3, -0.25) is 0 Å². The highest BCUT2D eigenvalue weighted by Gasteiger charge is 2.13. The molecule has 2 rings (SSSR count). The highest BCUT2D eigenvalue weighted by Crippen LogP contribution is 2.25. The van der Waals surface area contributed by atoms with Crippen LogP contribution in [-0.4, -0.2) is 18.1 Å². The number of thioether (sulfide) groups is 1. The number of benzene rings is 1. The van der Waals surface area contributed by atoms with Crippen molar-refractivity contribution < 1.29 is 0 Å². The first-order chi connectivity index (χ1) is 7.77. The second kappa shape index (κ2) is 5.48. The summed E-state index contributed by atoms with van der Waals surface area (Å²) in [5.41, 5.74) is 9.13. The van der Waals surface area contributed by atoms with Crippen molar-refractivity contribution in [3.63, 3.8) is 0 Å². The zero-order valence-corrected chi connectivity index (χ0v) is 10.6. The van der Waals surface area contributed by atoms with Gasteiger partial charge in [0.25, 0.3) is 0 Å². The summed E-state index contributed by atoms with van der Waals surface area (Å²) in [6.45, 7) is 3.17. The van der Waals surface area contributed by atoms with Crippen molar-refractivity contribution in [2.24, 2.45) is 5.92 Å². The van der Waals surface area contributed by atoms with Gasteiger partial charge < -0.3 is 11.1 Å². The lowest BCUT2D eigenvalue weighted by Gasteiger charge is -2.22. The highest BCUT2D eigenvalue weighted by atomic mass is 32.2. The number of nitrogens with one attached hydrogen (secondary N) is 1. The van der Waals surface area contributed by atoms with Crippen molar-refractivity contribution in [1.82, 2.24) is 0 Å². The van der Waals surface area contributed by atoms with E-state index in [-0.39, 0.29) is 0 Å². The van der Waals surface area contributed by atoms with E-state index in [1.165, 1.54) is 35.6 Å². The number of rotatable bonds is 3. The average Bonchev–Trinajstić information content (AvgIpc) is 2.32. The molecule has 0 bridgehead atoms. The van der Waals surface area contributed by atoms with Crippen LogP contribution in [-0.2, 0) is 0 Å². The van der Waals surface area contributed by atoms with E-state index in [4.69, 9.17) is 5.73 Å². The van der Waals surface area contributed by atoms with E-state index in [2.05, 4.69) is 30.1 Å². The first kappa shape index (κ1) is 11.6. The standard InChI is InChI=1S/C13H20N2S/c1-10-12(14)3-2-4-13(10)15-9-11-5-7-16-8-6-11/h2-4,11,15H,5-9,14H2,1H3. The van der Waals surface area contributed by atoms with Crippen LogP contribution in [0.5, 0.6) is 0 Å². The van der Waals surface area contributed by atoms with E-state index >= 15 is 0 Å². The molecule has 1 saturated heterocycles. The molecule has 3 heteroatoms. The minimum atomic E-state index is 0.835. The molecule has 0 amide bonds. The predicted molar refractivity (Wildman–Crippen MR) is 74.1 cm³/mol. The summed E-state index contributed by atoms with van der Waals surface area (Å²) in [7, 11) is 0. The molecule has 0 spiro atoms. The summed E-state index contributed by atoms with van der Waals surface area (Å²) < 4.78 is 0. The summed E-state index contributed by atoms with van der Waals surface area (Å²) in [5, 5.41) is 3.53. The molecular weight excluding hydrogens is 216 g/mol. The molecule has 1 heterocycles. The van der Waals surface area contributed by atoms with Gasteiger partial charge in [0, 0.05) is 17.9 Å². The van der Waals surface area contributed by atoms with Gasteiger partial charge in [0.1, 0.15) is 0 Å². The van der Waals surface area contributed by atoms with Crippen molar-refractivity contribution in [3.8, 4) is 0 Å². The van der Waals surface area contributed by atoms with Crippen LogP contribution in [0.1, 0.15) is 18.4 Å². The normalized spacial score (nSPS) is 17.3. The second-order valence-electron chi connectivity index (χ2n) is 4.46. The third-order valence-corrected chi connectivity index (χ3v) is 4.35. The molecule has 0 saturated carbocycles. The van der Waals surface area contributed by atoms with Gasteiger partial charge >= 0.3 is 0 Å². The zero-order valence-electron chi connectivity index (χ0n) is 9.83. The maximum atomic E-state index is 5.89. The van der Waals surface area contributed by atoms with Gasteiger partial charge in [0.2, 0.25) is 0 Å². The van der Waals surface area contributed by atoms with Crippen LogP contribution in [0.25, 0.3) is 0 Å². The Bertz CT molecular complexity index is 346. The number of anilines is 2. The van der Waals surface area contributed by atoms with Crippen molar-refractivity contribution in [3.05, 3.63) is 23.8 Å². The lowest BCUT2D eigenvalue weighted by Crippen LogP contribution is -2.19. The number of nitrogen functional groups attached to an aromatic ring is 1. The summed E-state index contributed by atoms with van der Waals surface area (Å²) in [5.74, 6) is 3.48. The Morgan fingerprint density at radius 2 is 2.12 bits per heavy atom. The SMILES string of the molecule is Cc1c(N)cccc1NCC1CCSCC1. The van der Waals surface area contributed by atoms with E-state index < -0.39 is 0 Å². The van der Waals surface area contributed by atoms with E-state index in [1.54, 1.807) is 0 Å². The second-order valence-corrected chi connectivity index (χ2v) is 5.68. The van der Waals surface area contributed by atoms with Crippen LogP contribution in [0.15, 0.2) is 18.2 Å². The summed E-state index contributed by atoms with van der Waals surface area (Å²) in [4.78, 5) is 0. The minimum absolute atomic E-state index is 0.835. The Hall–Kier alpha value is -0.830. The largest absolute Gasteiger partial charge is 0.398 e. The van der Waals surface area contributed by atoms with Crippen LogP contribution < -0.4 is 11.1 Å². The molecule has 3 N–H and O–H groups in total. The van der Waals surface area contributed by atoms with Crippen LogP contribution in [0.2, 0.25) is 0 Å². The Morgan fingerprint density at radius 3 is 2.88 bits per heavy atom. The van der Waals surface area contributed by atoms with Crippen molar-refractivity contribution >= 4 is 23.1 Å². The van der Waals surface area contributed by atoms with E-state index in [9.17, 15) is 0 Å². The fourth-order valence-corrected chi connectivity index (χ4v) is 3.25. The number of hydrogen-bond acceptors (Lipinski definition) is 3. The minimum Gasteiger partial charge on any atom is -0.398 e. The van der Waals surface area contributed by atoms with Gasteiger partial charge in [-0.25, -0.2) is 0 Å². The molecular formula is C13H20N2S. The third kappa shape index (κ3) is 2.85. The molecule has 2 nitrogen and oxygen atoms in total. The van der Waals surface area contributed by atoms with Crippen LogP contribution in [0.4, 0.5) is 11.4 Å². The van der Waals surface area contributed by atoms with Crippen molar-refractivity contribution in [1.29, 1.82) is 0 Å². The molecule has 0 atom stereocenters. The summed E-state index contributed by atoms with van der Waals surface area (Å²) in [6, 6.07) is 6.09. The monoisotopic (exact) mass is 236 g/mol. The predicted octanol–water partition coefficient (Wildman–Crippen LogP) is 3.13. The number of hydrogen-bond donors (Lipinski definition) is 2. The van der Waals surface area contributed by atoms with Gasteiger partial charge in [0.05, 0.1) is 0 Å². The van der Waals surface area contributed by atoms with Crippen molar-refractivity contribution in [2.45, 2.75) is 19.8 Å². The molecule has 1 aromatic carbocycles. The van der Waals surface area contributed by atoms with Gasteiger partial charge in [-0.15, -0.1) is 0 Å². The molecule has 1 fully saturated rings. The highest BCUT2D eigenvalue weighted by molar-refractivity contribution is 7.99. The van der Waals surface area contributed by atoms with Crippen molar-refractivity contribution in [2.75, 3.05) is 29.1 Å². The Balaban J connectivity index is 1.91. The van der Waals surface area contributed by atoms with E-state index in [1.807, 2.05) is 12.1 Å². The summed E-state index contributed by atoms with van der Waals surface area (Å²) >= 11 is 2.08. The smallest absolute Gasteiger partial charge is 0.0390 e. The molecule has 1 aliphatic rings. The Morgan fingerprint density at radius 1 is 1.38 bits per heavy atom. The van der Waals surface area contributed by atoms with E-state index in [0.29, 0.717) is 0 Å². The fourth-order valence-electron chi connectivity index (χ4n) is 2.05. The van der Waals surface area contributed by atoms with Crippen LogP contribution in [0.3, 0.4) is 0 Å². The maximum absolute atomic E-state index is 5.89. The molecule has 0 radical (unpaired) electrons. The lowest BCUT2D eigenvalue weighted by molar-refractivity contribution is 0.516. The fraction of sp³-hybridized carbons (Fsp3) is 0.538. The average molecular weight is 236 g/mol. The lowest BCUT2D eigenvalue weighted by atomic mass is 10.0. The molecule has 88 valence electrons. The van der Waals surface area contributed by atoms with Gasteiger partial charge in [-0.05, 0) is 54.9 Å². The molecule has 0 aliphatic carbocycles. The van der Waals surface area contributed by atoms with Crippen LogP contribution >= 0.6 is 11.8 Å². The van der Waals surface area contributed by atoms with Gasteiger partial charge in [0.15, 0.2) is 0 Å². The quantitative estimate of drug-likeness (QED) is 0.792. The molecule has 1 aromatic rings. The first-order valence-corrected chi connectivity index (χ1v) is 7.09. The Kier molecular flexibility index (Phi) is 3.99. The zero-order chi connectivity index (χ0) is 11.4. The first-order valence-electron chi connectivity index (χ1n) is 5.94. The maximum Gasteiger partial charge on any atom is 0.0390 e. The molecule has 16 heavy (non-hydrogen) atoms. The molecule has 0 unspecified atom stereocenters.